The van der Waals surface area contributed by atoms with Gasteiger partial charge in [0.25, 0.3) is 0 Å². The predicted octanol–water partition coefficient (Wildman–Crippen LogP) is 3.97. The number of pyridine rings is 1. The third-order valence-electron chi connectivity index (χ3n) is 3.36. The minimum absolute atomic E-state index is 0.714. The van der Waals surface area contributed by atoms with Crippen molar-refractivity contribution >= 4 is 17.4 Å². The summed E-state index contributed by atoms with van der Waals surface area (Å²) in [6.07, 6.45) is 7.20. The van der Waals surface area contributed by atoms with E-state index in [2.05, 4.69) is 17.2 Å². The van der Waals surface area contributed by atoms with Crippen molar-refractivity contribution in [2.24, 2.45) is 11.8 Å². The lowest BCUT2D eigenvalue weighted by Crippen LogP contribution is -2.21. The fraction of sp³-hybridized carbons (Fsp3) is 0.615. The molecule has 1 fully saturated rings. The maximum absolute atomic E-state index is 6.05. The molecule has 1 aromatic rings. The van der Waals surface area contributed by atoms with E-state index in [0.717, 1.165) is 24.2 Å². The summed E-state index contributed by atoms with van der Waals surface area (Å²) in [6.45, 7) is 3.35. The lowest BCUT2D eigenvalue weighted by Gasteiger charge is -2.27. The highest BCUT2D eigenvalue weighted by Gasteiger charge is 2.18. The van der Waals surface area contributed by atoms with E-state index in [-0.39, 0.29) is 0 Å². The van der Waals surface area contributed by atoms with Crippen molar-refractivity contribution in [3.05, 3.63) is 23.4 Å². The SMILES string of the molecule is CC1CCCC(CNc2ncccc2Cl)C1. The molecule has 16 heavy (non-hydrogen) atoms. The second-order valence-electron chi connectivity index (χ2n) is 4.85. The highest BCUT2D eigenvalue weighted by molar-refractivity contribution is 6.32. The number of rotatable bonds is 3. The van der Waals surface area contributed by atoms with Crippen molar-refractivity contribution in [1.82, 2.24) is 4.98 Å². The van der Waals surface area contributed by atoms with Crippen LogP contribution < -0.4 is 5.32 Å². The van der Waals surface area contributed by atoms with Gasteiger partial charge in [0.15, 0.2) is 0 Å². The molecule has 2 atom stereocenters. The Bertz CT molecular complexity index is 340. The van der Waals surface area contributed by atoms with Gasteiger partial charge in [-0.1, -0.05) is 31.4 Å². The quantitative estimate of drug-likeness (QED) is 0.862. The van der Waals surface area contributed by atoms with Gasteiger partial charge in [-0.2, -0.15) is 0 Å². The molecule has 0 spiro atoms. The molecule has 1 heterocycles. The third-order valence-corrected chi connectivity index (χ3v) is 3.67. The Morgan fingerprint density at radius 3 is 3.12 bits per heavy atom. The Hall–Kier alpha value is -0.760. The number of hydrogen-bond acceptors (Lipinski definition) is 2. The van der Waals surface area contributed by atoms with Crippen molar-refractivity contribution in [2.45, 2.75) is 32.6 Å². The number of hydrogen-bond donors (Lipinski definition) is 1. The number of nitrogens with one attached hydrogen (secondary N) is 1. The summed E-state index contributed by atoms with van der Waals surface area (Å²) in [6, 6.07) is 3.73. The molecule has 2 unspecified atom stereocenters. The summed E-state index contributed by atoms with van der Waals surface area (Å²) in [7, 11) is 0. The van der Waals surface area contributed by atoms with Gasteiger partial charge >= 0.3 is 0 Å². The Morgan fingerprint density at radius 2 is 2.38 bits per heavy atom. The molecule has 0 aliphatic heterocycles. The molecule has 0 aromatic carbocycles. The average molecular weight is 239 g/mol. The van der Waals surface area contributed by atoms with E-state index in [1.54, 1.807) is 6.20 Å². The van der Waals surface area contributed by atoms with Gasteiger partial charge in [-0.05, 0) is 36.8 Å². The van der Waals surface area contributed by atoms with Crippen LogP contribution >= 0.6 is 11.6 Å². The van der Waals surface area contributed by atoms with Crippen molar-refractivity contribution in [2.75, 3.05) is 11.9 Å². The van der Waals surface area contributed by atoms with Crippen LogP contribution in [0.15, 0.2) is 18.3 Å². The molecular weight excluding hydrogens is 220 g/mol. The number of aromatic nitrogens is 1. The average Bonchev–Trinajstić information content (AvgIpc) is 2.28. The predicted molar refractivity (Wildman–Crippen MR) is 68.9 cm³/mol. The Morgan fingerprint density at radius 1 is 1.50 bits per heavy atom. The van der Waals surface area contributed by atoms with Gasteiger partial charge in [0.05, 0.1) is 5.02 Å². The molecule has 1 N–H and O–H groups in total. The van der Waals surface area contributed by atoms with E-state index < -0.39 is 0 Å². The molecule has 1 aromatic heterocycles. The van der Waals surface area contributed by atoms with Gasteiger partial charge < -0.3 is 5.32 Å². The smallest absolute Gasteiger partial charge is 0.144 e. The van der Waals surface area contributed by atoms with Crippen LogP contribution in [0.4, 0.5) is 5.82 Å². The Balaban J connectivity index is 1.85. The molecule has 0 bridgehead atoms. The lowest BCUT2D eigenvalue weighted by molar-refractivity contribution is 0.293. The van der Waals surface area contributed by atoms with Gasteiger partial charge in [-0.25, -0.2) is 4.98 Å². The maximum atomic E-state index is 6.05. The summed E-state index contributed by atoms with van der Waals surface area (Å²) in [5.74, 6) is 2.48. The van der Waals surface area contributed by atoms with E-state index in [4.69, 9.17) is 11.6 Å². The zero-order valence-corrected chi connectivity index (χ0v) is 10.5. The molecule has 0 saturated heterocycles. The summed E-state index contributed by atoms with van der Waals surface area (Å²) >= 11 is 6.05. The molecule has 3 heteroatoms. The maximum Gasteiger partial charge on any atom is 0.144 e. The van der Waals surface area contributed by atoms with E-state index in [1.165, 1.54) is 25.7 Å². The van der Waals surface area contributed by atoms with Crippen LogP contribution in [0, 0.1) is 11.8 Å². The summed E-state index contributed by atoms with van der Waals surface area (Å²) in [5.41, 5.74) is 0. The largest absolute Gasteiger partial charge is 0.369 e. The molecule has 0 radical (unpaired) electrons. The Labute approximate surface area is 102 Å². The number of halogens is 1. The van der Waals surface area contributed by atoms with Crippen LogP contribution in [0.2, 0.25) is 5.02 Å². The zero-order chi connectivity index (χ0) is 11.4. The number of nitrogens with zero attached hydrogens (tertiary/aromatic N) is 1. The minimum Gasteiger partial charge on any atom is -0.369 e. The Kier molecular flexibility index (Phi) is 4.05. The van der Waals surface area contributed by atoms with Crippen LogP contribution in [-0.4, -0.2) is 11.5 Å². The first-order chi connectivity index (χ1) is 7.75. The second kappa shape index (κ2) is 5.53. The highest BCUT2D eigenvalue weighted by atomic mass is 35.5. The first-order valence-corrected chi connectivity index (χ1v) is 6.48. The molecule has 2 rings (SSSR count). The van der Waals surface area contributed by atoms with Crippen LogP contribution in [-0.2, 0) is 0 Å². The monoisotopic (exact) mass is 238 g/mol. The van der Waals surface area contributed by atoms with Gasteiger partial charge in [0, 0.05) is 12.7 Å². The first-order valence-electron chi connectivity index (χ1n) is 6.10. The van der Waals surface area contributed by atoms with Gasteiger partial charge in [-0.15, -0.1) is 0 Å². The van der Waals surface area contributed by atoms with Crippen LogP contribution in [0.5, 0.6) is 0 Å². The fourth-order valence-corrected chi connectivity index (χ4v) is 2.69. The van der Waals surface area contributed by atoms with Crippen LogP contribution in [0.1, 0.15) is 32.6 Å². The normalized spacial score (nSPS) is 25.4. The summed E-state index contributed by atoms with van der Waals surface area (Å²) < 4.78 is 0. The molecule has 0 amide bonds. The molecule has 1 aliphatic rings. The van der Waals surface area contributed by atoms with E-state index >= 15 is 0 Å². The first kappa shape index (κ1) is 11.7. The van der Waals surface area contributed by atoms with Crippen molar-refractivity contribution in [3.63, 3.8) is 0 Å². The topological polar surface area (TPSA) is 24.9 Å². The van der Waals surface area contributed by atoms with Crippen molar-refractivity contribution in [3.8, 4) is 0 Å². The van der Waals surface area contributed by atoms with Crippen molar-refractivity contribution in [1.29, 1.82) is 0 Å². The van der Waals surface area contributed by atoms with Crippen LogP contribution in [0.25, 0.3) is 0 Å². The minimum atomic E-state index is 0.714. The van der Waals surface area contributed by atoms with Gasteiger partial charge in [-0.3, -0.25) is 0 Å². The third kappa shape index (κ3) is 3.11. The molecule has 2 nitrogen and oxygen atoms in total. The standard InChI is InChI=1S/C13H19ClN2/c1-10-4-2-5-11(8-10)9-16-13-12(14)6-3-7-15-13/h3,6-7,10-11H,2,4-5,8-9H2,1H3,(H,15,16). The lowest BCUT2D eigenvalue weighted by atomic mass is 9.82. The molecule has 1 aliphatic carbocycles. The zero-order valence-electron chi connectivity index (χ0n) is 9.75. The number of anilines is 1. The van der Waals surface area contributed by atoms with Crippen molar-refractivity contribution < 1.29 is 0 Å². The summed E-state index contributed by atoms with van der Waals surface area (Å²) in [5, 5.41) is 4.07. The highest BCUT2D eigenvalue weighted by Crippen LogP contribution is 2.29. The van der Waals surface area contributed by atoms with Crippen LogP contribution in [0.3, 0.4) is 0 Å². The van der Waals surface area contributed by atoms with Gasteiger partial charge in [0.2, 0.25) is 0 Å². The van der Waals surface area contributed by atoms with E-state index in [0.29, 0.717) is 5.02 Å². The van der Waals surface area contributed by atoms with Gasteiger partial charge in [0.1, 0.15) is 5.82 Å². The molecule has 1 saturated carbocycles. The van der Waals surface area contributed by atoms with E-state index in [9.17, 15) is 0 Å². The molecule has 88 valence electrons. The molecular formula is C13H19ClN2. The summed E-state index contributed by atoms with van der Waals surface area (Å²) in [4.78, 5) is 4.24. The second-order valence-corrected chi connectivity index (χ2v) is 5.26. The van der Waals surface area contributed by atoms with E-state index in [1.807, 2.05) is 12.1 Å². The fourth-order valence-electron chi connectivity index (χ4n) is 2.50.